The van der Waals surface area contributed by atoms with Gasteiger partial charge in [0.15, 0.2) is 6.29 Å². The largest absolute Gasteiger partial charge is 0.371 e. The summed E-state index contributed by atoms with van der Waals surface area (Å²) in [5, 5.41) is 3.24. The van der Waals surface area contributed by atoms with Gasteiger partial charge in [-0.25, -0.2) is 0 Å². The highest BCUT2D eigenvalue weighted by Crippen LogP contribution is 2.52. The molecule has 1 aliphatic carbocycles. The molecule has 9 rings (SSSR count). The number of halogens is 1. The average molecular weight is 761 g/mol. The zero-order valence-electron chi connectivity index (χ0n) is 31.1. The molecule has 3 aromatic carbocycles. The lowest BCUT2D eigenvalue weighted by atomic mass is 9.69. The standard InChI is InChI=1S/C43H45ClN6O5/c1-47(35-12-13-37(52)45-39(35)53)41(55)31-21-30(10-8-29(31)25-51)49-23-26(24-49)22-48-18-14-27(15-19-48)28-9-11-32-36(20-28)50-34-7-5-6-33(44)38(34)40(54)46-42(50)43(32)16-3-2-4-17-43/h5-11,20-21,25-27,35H,2-4,12-19,22-24H2,1H3,(H,45,52,53). The SMILES string of the molecule is CN(C(=O)c1cc(N2CC(CN3CCC(c4ccc5c(c4)-n4c(nc(=O)c6c(Cl)cccc64)C54CCCCC4)CC3)C2)ccc1C=O)C1CCC(=O)NC1=O. The summed E-state index contributed by atoms with van der Waals surface area (Å²) in [7, 11) is 1.54. The molecule has 1 unspecified atom stereocenters. The minimum Gasteiger partial charge on any atom is -0.371 e. The Bertz CT molecular complexity index is 2300. The number of carbonyl (C=O) groups excluding carboxylic acids is 4. The van der Waals surface area contributed by atoms with Gasteiger partial charge < -0.3 is 14.7 Å². The molecule has 3 amide bonds. The third kappa shape index (κ3) is 6.07. The molecule has 1 spiro atoms. The number of anilines is 1. The topological polar surface area (TPSA) is 125 Å². The van der Waals surface area contributed by atoms with Crippen molar-refractivity contribution in [1.29, 1.82) is 0 Å². The number of amides is 3. The molecule has 0 bridgehead atoms. The van der Waals surface area contributed by atoms with Gasteiger partial charge in [-0.15, -0.1) is 0 Å². The zero-order valence-corrected chi connectivity index (χ0v) is 31.8. The van der Waals surface area contributed by atoms with Gasteiger partial charge >= 0.3 is 0 Å². The molecule has 1 aromatic heterocycles. The minimum atomic E-state index is -0.761. The molecule has 55 heavy (non-hydrogen) atoms. The van der Waals surface area contributed by atoms with Crippen molar-refractivity contribution in [3.05, 3.63) is 98.1 Å². The van der Waals surface area contributed by atoms with Crippen molar-refractivity contribution in [2.45, 2.75) is 75.2 Å². The van der Waals surface area contributed by atoms with E-state index >= 15 is 0 Å². The van der Waals surface area contributed by atoms with Gasteiger partial charge in [-0.2, -0.15) is 4.98 Å². The van der Waals surface area contributed by atoms with Gasteiger partial charge in [0, 0.05) is 50.3 Å². The maximum Gasteiger partial charge on any atom is 0.282 e. The maximum atomic E-state index is 13.5. The Hall–Kier alpha value is -4.87. The summed E-state index contributed by atoms with van der Waals surface area (Å²) in [6.45, 7) is 4.76. The summed E-state index contributed by atoms with van der Waals surface area (Å²) in [5.74, 6) is 0.567. The number of likely N-dealkylation sites (tertiary alicyclic amines) is 1. The van der Waals surface area contributed by atoms with Crippen LogP contribution in [0, 0.1) is 5.92 Å². The number of aromatic nitrogens is 2. The van der Waals surface area contributed by atoms with Crippen molar-refractivity contribution in [1.82, 2.24) is 24.7 Å². The van der Waals surface area contributed by atoms with Crippen LogP contribution in [0.25, 0.3) is 16.6 Å². The number of nitrogens with zero attached hydrogens (tertiary/aromatic N) is 5. The Kier molecular flexibility index (Phi) is 9.12. The zero-order chi connectivity index (χ0) is 38.0. The molecule has 4 aliphatic heterocycles. The van der Waals surface area contributed by atoms with Gasteiger partial charge in [-0.3, -0.25) is 33.9 Å². The number of benzene rings is 3. The van der Waals surface area contributed by atoms with Gasteiger partial charge in [-0.1, -0.05) is 49.1 Å². The Balaban J connectivity index is 0.860. The molecule has 5 aliphatic rings. The second-order valence-corrected chi connectivity index (χ2v) is 16.7. The lowest BCUT2D eigenvalue weighted by Gasteiger charge is -2.44. The van der Waals surface area contributed by atoms with E-state index in [0.29, 0.717) is 28.5 Å². The molecule has 1 saturated carbocycles. The molecule has 11 nitrogen and oxygen atoms in total. The number of nitrogens with one attached hydrogen (secondary N) is 1. The molecular formula is C43H45ClN6O5. The molecule has 3 saturated heterocycles. The Morgan fingerprint density at radius 3 is 2.53 bits per heavy atom. The highest BCUT2D eigenvalue weighted by Gasteiger charge is 2.47. The fourth-order valence-corrected chi connectivity index (χ4v) is 10.3. The average Bonchev–Trinajstić information content (AvgIpc) is 3.43. The molecular weight excluding hydrogens is 716 g/mol. The highest BCUT2D eigenvalue weighted by molar-refractivity contribution is 6.35. The number of hydrogen-bond acceptors (Lipinski definition) is 8. The highest BCUT2D eigenvalue weighted by atomic mass is 35.5. The number of piperidine rings is 2. The number of rotatable bonds is 7. The number of likely N-dealkylation sites (N-methyl/N-ethyl adjacent to an activating group) is 1. The van der Waals surface area contributed by atoms with E-state index in [0.717, 1.165) is 94.0 Å². The van der Waals surface area contributed by atoms with Crippen LogP contribution in [0.1, 0.15) is 101 Å². The first-order valence-corrected chi connectivity index (χ1v) is 20.1. The molecule has 1 N–H and O–H groups in total. The van der Waals surface area contributed by atoms with Crippen LogP contribution >= 0.6 is 11.6 Å². The van der Waals surface area contributed by atoms with E-state index in [1.54, 1.807) is 25.2 Å². The van der Waals surface area contributed by atoms with Crippen molar-refractivity contribution in [3.8, 4) is 5.69 Å². The van der Waals surface area contributed by atoms with E-state index in [-0.39, 0.29) is 40.8 Å². The molecule has 4 fully saturated rings. The Morgan fingerprint density at radius 2 is 1.78 bits per heavy atom. The van der Waals surface area contributed by atoms with Crippen molar-refractivity contribution < 1.29 is 19.2 Å². The summed E-state index contributed by atoms with van der Waals surface area (Å²) in [6.07, 6.45) is 8.69. The van der Waals surface area contributed by atoms with Crippen LogP contribution in [-0.2, 0) is 15.0 Å². The normalized spacial score (nSPS) is 21.3. The van der Waals surface area contributed by atoms with Crippen molar-refractivity contribution >= 4 is 52.2 Å². The van der Waals surface area contributed by atoms with E-state index in [2.05, 4.69) is 37.9 Å². The number of aldehydes is 1. The predicted molar refractivity (Wildman–Crippen MR) is 210 cm³/mol. The van der Waals surface area contributed by atoms with Crippen LogP contribution in [0.3, 0.4) is 0 Å². The van der Waals surface area contributed by atoms with Gasteiger partial charge in [0.1, 0.15) is 11.9 Å². The lowest BCUT2D eigenvalue weighted by molar-refractivity contribution is -0.136. The van der Waals surface area contributed by atoms with Crippen LogP contribution in [0.5, 0.6) is 0 Å². The van der Waals surface area contributed by atoms with E-state index in [1.807, 2.05) is 18.2 Å². The summed E-state index contributed by atoms with van der Waals surface area (Å²) in [5.41, 5.74) is 5.57. The third-order valence-electron chi connectivity index (χ3n) is 13.1. The quantitative estimate of drug-likeness (QED) is 0.191. The predicted octanol–water partition coefficient (Wildman–Crippen LogP) is 5.61. The van der Waals surface area contributed by atoms with Crippen molar-refractivity contribution in [3.63, 3.8) is 0 Å². The maximum absolute atomic E-state index is 13.5. The van der Waals surface area contributed by atoms with Crippen molar-refractivity contribution in [2.24, 2.45) is 5.92 Å². The summed E-state index contributed by atoms with van der Waals surface area (Å²) < 4.78 is 2.24. The Morgan fingerprint density at radius 1 is 1.00 bits per heavy atom. The van der Waals surface area contributed by atoms with E-state index in [9.17, 15) is 24.0 Å². The number of imide groups is 1. The molecule has 1 atom stereocenters. The fourth-order valence-electron chi connectivity index (χ4n) is 10.1. The van der Waals surface area contributed by atoms with Gasteiger partial charge in [-0.05, 0) is 98.6 Å². The first kappa shape index (κ1) is 35.8. The van der Waals surface area contributed by atoms with Gasteiger partial charge in [0.05, 0.1) is 32.6 Å². The number of hydrogen-bond donors (Lipinski definition) is 1. The van der Waals surface area contributed by atoms with Crippen LogP contribution in [-0.4, -0.2) is 89.2 Å². The Labute approximate surface area is 324 Å². The smallest absolute Gasteiger partial charge is 0.282 e. The van der Waals surface area contributed by atoms with Crippen LogP contribution in [0.2, 0.25) is 5.02 Å². The summed E-state index contributed by atoms with van der Waals surface area (Å²) >= 11 is 6.59. The lowest BCUT2D eigenvalue weighted by Crippen LogP contribution is -2.53. The first-order chi connectivity index (χ1) is 26.6. The van der Waals surface area contributed by atoms with Crippen LogP contribution < -0.4 is 15.8 Å². The second kappa shape index (κ2) is 14.0. The number of carbonyl (C=O) groups is 4. The summed E-state index contributed by atoms with van der Waals surface area (Å²) in [4.78, 5) is 73.7. The fraction of sp³-hybridized carbons (Fsp3) is 0.442. The molecule has 4 aromatic rings. The van der Waals surface area contributed by atoms with Gasteiger partial charge in [0.25, 0.3) is 11.5 Å². The van der Waals surface area contributed by atoms with Crippen LogP contribution in [0.4, 0.5) is 5.69 Å². The van der Waals surface area contributed by atoms with E-state index < -0.39 is 17.9 Å². The first-order valence-electron chi connectivity index (χ1n) is 19.7. The van der Waals surface area contributed by atoms with Crippen molar-refractivity contribution in [2.75, 3.05) is 44.7 Å². The molecule has 5 heterocycles. The minimum absolute atomic E-state index is 0.168. The molecule has 284 valence electrons. The monoisotopic (exact) mass is 760 g/mol. The van der Waals surface area contributed by atoms with E-state index in [1.165, 1.54) is 22.4 Å². The van der Waals surface area contributed by atoms with Crippen LogP contribution in [0.15, 0.2) is 59.4 Å². The second-order valence-electron chi connectivity index (χ2n) is 16.2. The van der Waals surface area contributed by atoms with E-state index in [4.69, 9.17) is 16.6 Å². The summed E-state index contributed by atoms with van der Waals surface area (Å²) in [6, 6.07) is 17.3. The molecule has 0 radical (unpaired) electrons. The van der Waals surface area contributed by atoms with Gasteiger partial charge in [0.2, 0.25) is 11.8 Å². The number of fused-ring (bicyclic) bond motifs is 7. The molecule has 12 heteroatoms. The third-order valence-corrected chi connectivity index (χ3v) is 13.4.